The van der Waals surface area contributed by atoms with Gasteiger partial charge in [0, 0.05) is 13.1 Å². The van der Waals surface area contributed by atoms with Gasteiger partial charge in [-0.1, -0.05) is 0 Å². The third kappa shape index (κ3) is 3.61. The van der Waals surface area contributed by atoms with Crippen molar-refractivity contribution in [3.05, 3.63) is 23.8 Å². The highest BCUT2D eigenvalue weighted by Crippen LogP contribution is 2.23. The normalized spacial score (nSPS) is 11.6. The fraction of sp³-hybridized carbons (Fsp3) is 0.385. The summed E-state index contributed by atoms with van der Waals surface area (Å²) < 4.78 is 5.00. The Hall–Kier alpha value is -2.28. The number of carboxylic acids is 1. The van der Waals surface area contributed by atoms with Crippen LogP contribution in [0.3, 0.4) is 0 Å². The van der Waals surface area contributed by atoms with E-state index in [-0.39, 0.29) is 23.9 Å². The molecule has 0 heterocycles. The Morgan fingerprint density at radius 1 is 1.45 bits per heavy atom. The summed E-state index contributed by atoms with van der Waals surface area (Å²) >= 11 is 0. The van der Waals surface area contributed by atoms with Crippen molar-refractivity contribution >= 4 is 17.7 Å². The summed E-state index contributed by atoms with van der Waals surface area (Å²) in [5, 5.41) is 20.6. The number of carboxylic acid groups (broad SMARTS) is 1. The quantitative estimate of drug-likeness (QED) is 0.754. The van der Waals surface area contributed by atoms with Crippen LogP contribution in [-0.4, -0.2) is 53.9 Å². The molecule has 110 valence electrons. The molecular weight excluding hydrogens is 264 g/mol. The third-order valence-electron chi connectivity index (χ3n) is 2.94. The first-order valence-electron chi connectivity index (χ1n) is 5.96. The van der Waals surface area contributed by atoms with Gasteiger partial charge in [-0.25, -0.2) is 9.59 Å². The summed E-state index contributed by atoms with van der Waals surface area (Å²) in [5.74, 6) is -0.719. The largest absolute Gasteiger partial charge is 0.497 e. The average molecular weight is 282 g/mol. The lowest BCUT2D eigenvalue weighted by Crippen LogP contribution is -2.40. The van der Waals surface area contributed by atoms with Crippen molar-refractivity contribution in [3.8, 4) is 5.75 Å². The van der Waals surface area contributed by atoms with Gasteiger partial charge in [0.1, 0.15) is 5.75 Å². The van der Waals surface area contributed by atoms with E-state index < -0.39 is 12.0 Å². The number of nitrogens with one attached hydrogen (secondary N) is 1. The molecule has 1 rings (SSSR count). The van der Waals surface area contributed by atoms with E-state index in [0.29, 0.717) is 5.75 Å². The number of methoxy groups -OCH3 is 1. The van der Waals surface area contributed by atoms with Gasteiger partial charge in [-0.15, -0.1) is 0 Å². The van der Waals surface area contributed by atoms with E-state index in [2.05, 4.69) is 5.32 Å². The van der Waals surface area contributed by atoms with Gasteiger partial charge in [0.05, 0.1) is 31.0 Å². The van der Waals surface area contributed by atoms with Crippen LogP contribution in [0.25, 0.3) is 0 Å². The van der Waals surface area contributed by atoms with Crippen LogP contribution in [0.15, 0.2) is 18.2 Å². The zero-order valence-electron chi connectivity index (χ0n) is 11.6. The van der Waals surface area contributed by atoms with E-state index in [4.69, 9.17) is 14.9 Å². The first-order chi connectivity index (χ1) is 9.40. The van der Waals surface area contributed by atoms with Crippen LogP contribution in [0, 0.1) is 0 Å². The number of aromatic carboxylic acids is 1. The van der Waals surface area contributed by atoms with E-state index in [1.807, 2.05) is 0 Å². The molecule has 1 unspecified atom stereocenters. The van der Waals surface area contributed by atoms with E-state index >= 15 is 0 Å². The molecule has 0 saturated heterocycles. The van der Waals surface area contributed by atoms with Crippen LogP contribution < -0.4 is 10.1 Å². The molecule has 0 aliphatic rings. The van der Waals surface area contributed by atoms with Gasteiger partial charge in [-0.05, 0) is 19.1 Å². The maximum atomic E-state index is 12.0. The highest BCUT2D eigenvalue weighted by atomic mass is 16.5. The molecule has 0 radical (unpaired) electrons. The SMILES string of the molecule is COc1ccc(C(=O)O)c(NC(=O)N(C)C(C)CO)c1. The number of benzene rings is 1. The Morgan fingerprint density at radius 2 is 2.10 bits per heavy atom. The third-order valence-corrected chi connectivity index (χ3v) is 2.94. The molecule has 0 spiro atoms. The van der Waals surface area contributed by atoms with Crippen LogP contribution in [0.2, 0.25) is 0 Å². The Kier molecular flexibility index (Phi) is 5.33. The number of rotatable bonds is 5. The lowest BCUT2D eigenvalue weighted by molar-refractivity contribution is 0.0698. The first kappa shape index (κ1) is 15.8. The zero-order valence-corrected chi connectivity index (χ0v) is 11.6. The molecule has 2 amide bonds. The van der Waals surface area contributed by atoms with Crippen molar-refractivity contribution in [2.24, 2.45) is 0 Å². The van der Waals surface area contributed by atoms with E-state index in [1.165, 1.54) is 37.3 Å². The van der Waals surface area contributed by atoms with Crippen molar-refractivity contribution in [2.45, 2.75) is 13.0 Å². The van der Waals surface area contributed by atoms with Gasteiger partial charge in [-0.3, -0.25) is 0 Å². The number of nitrogens with zero attached hydrogens (tertiary/aromatic N) is 1. The number of hydrogen-bond donors (Lipinski definition) is 3. The topological polar surface area (TPSA) is 99.1 Å². The Bertz CT molecular complexity index is 504. The fourth-order valence-corrected chi connectivity index (χ4v) is 1.47. The van der Waals surface area contributed by atoms with E-state index in [1.54, 1.807) is 6.92 Å². The minimum Gasteiger partial charge on any atom is -0.497 e. The number of urea groups is 1. The number of carbonyl (C=O) groups is 2. The number of anilines is 1. The standard InChI is InChI=1S/C13H18N2O5/c1-8(7-16)15(2)13(19)14-11-6-9(20-3)4-5-10(11)12(17)18/h4-6,8,16H,7H2,1-3H3,(H,14,19)(H,17,18). The average Bonchev–Trinajstić information content (AvgIpc) is 2.44. The highest BCUT2D eigenvalue weighted by molar-refractivity contribution is 6.00. The van der Waals surface area contributed by atoms with Crippen LogP contribution >= 0.6 is 0 Å². The molecule has 3 N–H and O–H groups in total. The Labute approximate surface area is 116 Å². The molecular formula is C13H18N2O5. The van der Waals surface area contributed by atoms with Crippen molar-refractivity contribution in [1.29, 1.82) is 0 Å². The number of hydrogen-bond acceptors (Lipinski definition) is 4. The molecule has 1 atom stereocenters. The monoisotopic (exact) mass is 282 g/mol. The summed E-state index contributed by atoms with van der Waals surface area (Å²) in [6, 6.07) is 3.39. The van der Waals surface area contributed by atoms with Crippen LogP contribution in [0.1, 0.15) is 17.3 Å². The number of aliphatic hydroxyl groups is 1. The van der Waals surface area contributed by atoms with Crippen LogP contribution in [-0.2, 0) is 0 Å². The van der Waals surface area contributed by atoms with Gasteiger partial charge >= 0.3 is 12.0 Å². The maximum absolute atomic E-state index is 12.0. The molecule has 0 aromatic heterocycles. The molecule has 0 bridgehead atoms. The summed E-state index contributed by atoms with van der Waals surface area (Å²) in [4.78, 5) is 24.4. The molecule has 1 aromatic carbocycles. The number of ether oxygens (including phenoxy) is 1. The van der Waals surface area contributed by atoms with Gasteiger partial charge in [0.15, 0.2) is 0 Å². The summed E-state index contributed by atoms with van der Waals surface area (Å²) in [6.07, 6.45) is 0. The first-order valence-corrected chi connectivity index (χ1v) is 5.96. The van der Waals surface area contributed by atoms with Gasteiger partial charge in [0.25, 0.3) is 0 Å². The lowest BCUT2D eigenvalue weighted by Gasteiger charge is -2.24. The second-order valence-electron chi connectivity index (χ2n) is 4.29. The number of amides is 2. The van der Waals surface area contributed by atoms with Crippen molar-refractivity contribution in [3.63, 3.8) is 0 Å². The van der Waals surface area contributed by atoms with Crippen molar-refractivity contribution < 1.29 is 24.5 Å². The fourth-order valence-electron chi connectivity index (χ4n) is 1.47. The Balaban J connectivity index is 3.00. The highest BCUT2D eigenvalue weighted by Gasteiger charge is 2.18. The van der Waals surface area contributed by atoms with Gasteiger partial charge in [0.2, 0.25) is 0 Å². The minimum absolute atomic E-state index is 0.0378. The van der Waals surface area contributed by atoms with E-state index in [9.17, 15) is 9.59 Å². The number of carbonyl (C=O) groups excluding carboxylic acids is 1. The molecule has 0 aliphatic carbocycles. The maximum Gasteiger partial charge on any atom is 0.337 e. The molecule has 7 heteroatoms. The summed E-state index contributed by atoms with van der Waals surface area (Å²) in [6.45, 7) is 1.48. The smallest absolute Gasteiger partial charge is 0.337 e. The van der Waals surface area contributed by atoms with Crippen LogP contribution in [0.4, 0.5) is 10.5 Å². The molecule has 0 fully saturated rings. The van der Waals surface area contributed by atoms with Crippen molar-refractivity contribution in [1.82, 2.24) is 4.90 Å². The number of likely N-dealkylation sites (N-methyl/N-ethyl adjacent to an activating group) is 1. The van der Waals surface area contributed by atoms with Gasteiger partial charge in [-0.2, -0.15) is 0 Å². The second-order valence-corrected chi connectivity index (χ2v) is 4.29. The van der Waals surface area contributed by atoms with Gasteiger partial charge < -0.3 is 25.2 Å². The molecule has 0 saturated carbocycles. The number of aliphatic hydroxyl groups excluding tert-OH is 1. The van der Waals surface area contributed by atoms with E-state index in [0.717, 1.165) is 0 Å². The predicted octanol–water partition coefficient (Wildman–Crippen LogP) is 1.24. The van der Waals surface area contributed by atoms with Crippen LogP contribution in [0.5, 0.6) is 5.75 Å². The molecule has 0 aliphatic heterocycles. The summed E-state index contributed by atoms with van der Waals surface area (Å²) in [7, 11) is 2.96. The lowest BCUT2D eigenvalue weighted by atomic mass is 10.1. The predicted molar refractivity (Wildman–Crippen MR) is 73.3 cm³/mol. The summed E-state index contributed by atoms with van der Waals surface area (Å²) in [5.41, 5.74) is 0.100. The minimum atomic E-state index is -1.15. The Morgan fingerprint density at radius 3 is 2.60 bits per heavy atom. The molecule has 1 aromatic rings. The second kappa shape index (κ2) is 6.76. The molecule has 20 heavy (non-hydrogen) atoms. The van der Waals surface area contributed by atoms with Crippen molar-refractivity contribution in [2.75, 3.05) is 26.1 Å². The zero-order chi connectivity index (χ0) is 15.3. The molecule has 7 nitrogen and oxygen atoms in total.